The minimum Gasteiger partial charge on any atom is -0.342 e. The lowest BCUT2D eigenvalue weighted by atomic mass is 9.96. The molecule has 0 aliphatic carbocycles. The Bertz CT molecular complexity index is 257. The maximum absolute atomic E-state index is 12.2. The molecule has 4 heteroatoms. The first-order chi connectivity index (χ1) is 7.97. The molecule has 0 aromatic rings. The number of amides is 1. The second-order valence-corrected chi connectivity index (χ2v) is 5.42. The van der Waals surface area contributed by atoms with Gasteiger partial charge in [-0.15, -0.1) is 0 Å². The molecule has 0 spiro atoms. The Labute approximate surface area is 105 Å². The van der Waals surface area contributed by atoms with Crippen molar-refractivity contribution >= 4 is 5.91 Å². The van der Waals surface area contributed by atoms with Crippen molar-refractivity contribution < 1.29 is 4.79 Å². The van der Waals surface area contributed by atoms with E-state index < -0.39 is 0 Å². The van der Waals surface area contributed by atoms with Gasteiger partial charge in [0, 0.05) is 38.1 Å². The molecule has 0 aromatic heterocycles. The lowest BCUT2D eigenvalue weighted by Gasteiger charge is -2.40. The fourth-order valence-electron chi connectivity index (χ4n) is 2.54. The number of nitrogens with zero attached hydrogens (tertiary/aromatic N) is 2. The van der Waals surface area contributed by atoms with Gasteiger partial charge in [0.1, 0.15) is 0 Å². The maximum Gasteiger partial charge on any atom is 0.226 e. The van der Waals surface area contributed by atoms with Gasteiger partial charge in [-0.3, -0.25) is 4.79 Å². The van der Waals surface area contributed by atoms with Gasteiger partial charge in [-0.1, -0.05) is 6.92 Å². The van der Waals surface area contributed by atoms with Crippen molar-refractivity contribution in [3.8, 4) is 0 Å². The summed E-state index contributed by atoms with van der Waals surface area (Å²) in [5, 5.41) is 3.07. The average Bonchev–Trinajstić information content (AvgIpc) is 2.31. The molecule has 1 rings (SSSR count). The topological polar surface area (TPSA) is 35.6 Å². The van der Waals surface area contributed by atoms with E-state index in [1.165, 1.54) is 0 Å². The van der Waals surface area contributed by atoms with Crippen molar-refractivity contribution in [1.29, 1.82) is 0 Å². The summed E-state index contributed by atoms with van der Waals surface area (Å²) in [5.41, 5.74) is 0. The van der Waals surface area contributed by atoms with Gasteiger partial charge in [-0.25, -0.2) is 0 Å². The zero-order valence-corrected chi connectivity index (χ0v) is 11.9. The third kappa shape index (κ3) is 3.68. The summed E-state index contributed by atoms with van der Waals surface area (Å²) in [4.78, 5) is 16.5. The molecule has 1 N–H and O–H groups in total. The minimum atomic E-state index is 0.0694. The van der Waals surface area contributed by atoms with Crippen LogP contribution in [-0.2, 0) is 4.79 Å². The monoisotopic (exact) mass is 241 g/mol. The molecular formula is C13H27N3O. The first kappa shape index (κ1) is 14.5. The van der Waals surface area contributed by atoms with Gasteiger partial charge in [-0.2, -0.15) is 0 Å². The van der Waals surface area contributed by atoms with Crippen LogP contribution in [0.4, 0.5) is 0 Å². The van der Waals surface area contributed by atoms with Crippen LogP contribution in [-0.4, -0.2) is 62.0 Å². The van der Waals surface area contributed by atoms with Crippen LogP contribution in [0.5, 0.6) is 0 Å². The number of likely N-dealkylation sites (tertiary alicyclic amines) is 1. The molecule has 1 heterocycles. The summed E-state index contributed by atoms with van der Waals surface area (Å²) in [7, 11) is 6.00. The molecule has 17 heavy (non-hydrogen) atoms. The summed E-state index contributed by atoms with van der Waals surface area (Å²) in [6, 6.07) is 0.983. The van der Waals surface area contributed by atoms with E-state index in [0.717, 1.165) is 25.9 Å². The fraction of sp³-hybridized carbons (Fsp3) is 0.923. The van der Waals surface area contributed by atoms with Crippen LogP contribution in [0.1, 0.15) is 26.7 Å². The van der Waals surface area contributed by atoms with E-state index in [1.807, 2.05) is 25.9 Å². The molecule has 0 aromatic carbocycles. The Hall–Kier alpha value is -0.610. The summed E-state index contributed by atoms with van der Waals surface area (Å²) in [5.74, 6) is 0.334. The molecule has 1 aliphatic rings. The van der Waals surface area contributed by atoms with E-state index in [1.54, 1.807) is 0 Å². The van der Waals surface area contributed by atoms with E-state index in [2.05, 4.69) is 24.2 Å². The second-order valence-electron chi connectivity index (χ2n) is 5.42. The molecule has 4 nitrogen and oxygen atoms in total. The predicted octanol–water partition coefficient (Wildman–Crippen LogP) is 0.783. The second kappa shape index (κ2) is 6.36. The van der Waals surface area contributed by atoms with Crippen molar-refractivity contribution in [3.05, 3.63) is 0 Å². The van der Waals surface area contributed by atoms with E-state index in [0.29, 0.717) is 12.1 Å². The van der Waals surface area contributed by atoms with Crippen LogP contribution in [0, 0.1) is 5.92 Å². The first-order valence-electron chi connectivity index (χ1n) is 6.58. The van der Waals surface area contributed by atoms with Crippen LogP contribution in [0.25, 0.3) is 0 Å². The highest BCUT2D eigenvalue weighted by molar-refractivity contribution is 5.78. The number of hydrogen-bond donors (Lipinski definition) is 1. The standard InChI is InChI=1S/C13H27N3O/c1-10(9-14-3)13(17)16(5)12-6-7-15(4)11(2)8-12/h10-12,14H,6-9H2,1-5H3/t10-,11+,12-/m0/s1. The van der Waals surface area contributed by atoms with Crippen molar-refractivity contribution in [2.75, 3.05) is 34.2 Å². The van der Waals surface area contributed by atoms with Gasteiger partial charge in [0.15, 0.2) is 0 Å². The van der Waals surface area contributed by atoms with Crippen molar-refractivity contribution in [2.24, 2.45) is 5.92 Å². The Morgan fingerprint density at radius 3 is 2.76 bits per heavy atom. The highest BCUT2D eigenvalue weighted by atomic mass is 16.2. The zero-order valence-electron chi connectivity index (χ0n) is 11.9. The number of rotatable bonds is 4. The number of carbonyl (C=O) groups is 1. The lowest BCUT2D eigenvalue weighted by molar-refractivity contribution is -0.136. The molecular weight excluding hydrogens is 214 g/mol. The predicted molar refractivity (Wildman–Crippen MR) is 71.0 cm³/mol. The molecule has 0 bridgehead atoms. The Kier molecular flexibility index (Phi) is 5.40. The Morgan fingerprint density at radius 1 is 1.59 bits per heavy atom. The van der Waals surface area contributed by atoms with Crippen LogP contribution >= 0.6 is 0 Å². The summed E-state index contributed by atoms with van der Waals surface area (Å²) >= 11 is 0. The van der Waals surface area contributed by atoms with Crippen molar-refractivity contribution in [3.63, 3.8) is 0 Å². The normalized spacial score (nSPS) is 27.8. The van der Waals surface area contributed by atoms with Gasteiger partial charge < -0.3 is 15.1 Å². The van der Waals surface area contributed by atoms with Crippen LogP contribution in [0.2, 0.25) is 0 Å². The van der Waals surface area contributed by atoms with Gasteiger partial charge in [0.05, 0.1) is 0 Å². The highest BCUT2D eigenvalue weighted by Gasteiger charge is 2.29. The molecule has 1 amide bonds. The third-order valence-corrected chi connectivity index (χ3v) is 4.01. The molecule has 3 atom stereocenters. The number of hydrogen-bond acceptors (Lipinski definition) is 3. The number of piperidine rings is 1. The van der Waals surface area contributed by atoms with Crippen LogP contribution in [0.3, 0.4) is 0 Å². The quantitative estimate of drug-likeness (QED) is 0.790. The maximum atomic E-state index is 12.2. The smallest absolute Gasteiger partial charge is 0.226 e. The summed E-state index contributed by atoms with van der Waals surface area (Å²) in [6.45, 7) is 6.07. The highest BCUT2D eigenvalue weighted by Crippen LogP contribution is 2.20. The average molecular weight is 241 g/mol. The van der Waals surface area contributed by atoms with Gasteiger partial charge in [0.25, 0.3) is 0 Å². The largest absolute Gasteiger partial charge is 0.342 e. The van der Waals surface area contributed by atoms with E-state index in [9.17, 15) is 4.79 Å². The Balaban J connectivity index is 2.52. The summed E-state index contributed by atoms with van der Waals surface area (Å²) in [6.07, 6.45) is 2.18. The van der Waals surface area contributed by atoms with E-state index in [-0.39, 0.29) is 11.8 Å². The van der Waals surface area contributed by atoms with Gasteiger partial charge in [-0.05, 0) is 33.9 Å². The van der Waals surface area contributed by atoms with Gasteiger partial charge >= 0.3 is 0 Å². The SMILES string of the molecule is CNC[C@H](C)C(=O)N(C)[C@H]1CCN(C)[C@H](C)C1. The van der Waals surface area contributed by atoms with Crippen LogP contribution in [0.15, 0.2) is 0 Å². The molecule has 100 valence electrons. The molecule has 1 aliphatic heterocycles. The fourth-order valence-corrected chi connectivity index (χ4v) is 2.54. The molecule has 0 unspecified atom stereocenters. The van der Waals surface area contributed by atoms with Crippen LogP contribution < -0.4 is 5.32 Å². The molecule has 1 saturated heterocycles. The molecule has 0 saturated carbocycles. The Morgan fingerprint density at radius 2 is 2.24 bits per heavy atom. The van der Waals surface area contributed by atoms with E-state index in [4.69, 9.17) is 0 Å². The molecule has 0 radical (unpaired) electrons. The lowest BCUT2D eigenvalue weighted by Crippen LogP contribution is -2.49. The zero-order chi connectivity index (χ0) is 13.0. The summed E-state index contributed by atoms with van der Waals surface area (Å²) < 4.78 is 0. The first-order valence-corrected chi connectivity index (χ1v) is 6.58. The van der Waals surface area contributed by atoms with Crippen molar-refractivity contribution in [2.45, 2.75) is 38.8 Å². The number of carbonyl (C=O) groups excluding carboxylic acids is 1. The number of nitrogens with one attached hydrogen (secondary N) is 1. The third-order valence-electron chi connectivity index (χ3n) is 4.01. The van der Waals surface area contributed by atoms with Crippen molar-refractivity contribution in [1.82, 2.24) is 15.1 Å². The minimum absolute atomic E-state index is 0.0694. The van der Waals surface area contributed by atoms with E-state index >= 15 is 0 Å². The molecule has 1 fully saturated rings. The van der Waals surface area contributed by atoms with Gasteiger partial charge in [0.2, 0.25) is 5.91 Å².